The molecule has 1 fully saturated rings. The Labute approximate surface area is 140 Å². The Morgan fingerprint density at radius 1 is 1.33 bits per heavy atom. The number of amides is 2. The van der Waals surface area contributed by atoms with Crippen molar-refractivity contribution in [3.05, 3.63) is 35.9 Å². The number of carbonyl (C=O) groups is 3. The van der Waals surface area contributed by atoms with E-state index >= 15 is 0 Å². The number of nitrogens with zero attached hydrogens (tertiary/aromatic N) is 1. The second-order valence-corrected chi connectivity index (χ2v) is 5.91. The number of benzene rings is 1. The predicted molar refractivity (Wildman–Crippen MR) is 85.6 cm³/mol. The van der Waals surface area contributed by atoms with E-state index in [4.69, 9.17) is 4.74 Å². The zero-order valence-corrected chi connectivity index (χ0v) is 13.8. The monoisotopic (exact) mass is 334 g/mol. The van der Waals surface area contributed by atoms with Crippen LogP contribution in [0.4, 0.5) is 0 Å². The minimum Gasteiger partial charge on any atom is -0.459 e. The van der Waals surface area contributed by atoms with E-state index in [1.54, 1.807) is 6.92 Å². The number of aliphatic hydroxyl groups is 1. The molecule has 7 heteroatoms. The summed E-state index contributed by atoms with van der Waals surface area (Å²) in [5.74, 6) is -1.30. The van der Waals surface area contributed by atoms with Crippen LogP contribution in [0.5, 0.6) is 0 Å². The summed E-state index contributed by atoms with van der Waals surface area (Å²) < 4.78 is 5.27. The van der Waals surface area contributed by atoms with Crippen molar-refractivity contribution in [2.45, 2.75) is 45.1 Å². The number of aliphatic hydroxyl groups excluding tert-OH is 1. The number of rotatable bonds is 5. The van der Waals surface area contributed by atoms with Crippen molar-refractivity contribution < 1.29 is 24.2 Å². The van der Waals surface area contributed by atoms with Gasteiger partial charge in [-0.15, -0.1) is 0 Å². The fourth-order valence-corrected chi connectivity index (χ4v) is 2.72. The van der Waals surface area contributed by atoms with Crippen LogP contribution in [0.15, 0.2) is 30.3 Å². The van der Waals surface area contributed by atoms with E-state index in [1.807, 2.05) is 30.3 Å². The summed E-state index contributed by atoms with van der Waals surface area (Å²) in [6.45, 7) is 3.01. The molecular formula is C17H22N2O5. The molecule has 3 unspecified atom stereocenters. The van der Waals surface area contributed by atoms with Gasteiger partial charge in [-0.3, -0.25) is 9.59 Å². The molecule has 2 amide bonds. The first kappa shape index (κ1) is 17.9. The molecule has 0 saturated carbocycles. The number of likely N-dealkylation sites (tertiary alicyclic amines) is 1. The second kappa shape index (κ2) is 7.92. The number of hydrogen-bond acceptors (Lipinski definition) is 5. The molecule has 1 aliphatic rings. The van der Waals surface area contributed by atoms with Crippen LogP contribution in [0, 0.1) is 0 Å². The van der Waals surface area contributed by atoms with Gasteiger partial charge in [-0.25, -0.2) is 4.79 Å². The highest BCUT2D eigenvalue weighted by atomic mass is 16.5. The van der Waals surface area contributed by atoms with Gasteiger partial charge in [-0.1, -0.05) is 30.3 Å². The summed E-state index contributed by atoms with van der Waals surface area (Å²) in [5, 5.41) is 12.3. The largest absolute Gasteiger partial charge is 0.459 e. The molecule has 7 nitrogen and oxygen atoms in total. The van der Waals surface area contributed by atoms with E-state index in [-0.39, 0.29) is 25.5 Å². The van der Waals surface area contributed by atoms with Crippen molar-refractivity contribution in [3.8, 4) is 0 Å². The lowest BCUT2D eigenvalue weighted by Gasteiger charge is -2.26. The highest BCUT2D eigenvalue weighted by molar-refractivity contribution is 5.90. The average Bonchev–Trinajstić information content (AvgIpc) is 2.94. The third-order valence-electron chi connectivity index (χ3n) is 3.85. The van der Waals surface area contributed by atoms with E-state index < -0.39 is 30.1 Å². The summed E-state index contributed by atoms with van der Waals surface area (Å²) >= 11 is 0. The molecule has 0 bridgehead atoms. The third kappa shape index (κ3) is 4.55. The van der Waals surface area contributed by atoms with Gasteiger partial charge in [-0.05, 0) is 12.5 Å². The molecule has 1 aliphatic heterocycles. The normalized spacial score (nSPS) is 21.2. The van der Waals surface area contributed by atoms with E-state index in [2.05, 4.69) is 5.32 Å². The Hall–Kier alpha value is -2.41. The highest BCUT2D eigenvalue weighted by Crippen LogP contribution is 2.21. The van der Waals surface area contributed by atoms with Crippen LogP contribution in [0.2, 0.25) is 0 Å². The van der Waals surface area contributed by atoms with E-state index in [1.165, 1.54) is 11.8 Å². The summed E-state index contributed by atoms with van der Waals surface area (Å²) in [6, 6.07) is 7.60. The van der Waals surface area contributed by atoms with Gasteiger partial charge in [0.1, 0.15) is 18.7 Å². The molecule has 3 atom stereocenters. The van der Waals surface area contributed by atoms with Crippen LogP contribution in [-0.4, -0.2) is 52.5 Å². The van der Waals surface area contributed by atoms with Gasteiger partial charge in [0.2, 0.25) is 11.8 Å². The Morgan fingerprint density at radius 2 is 2.00 bits per heavy atom. The van der Waals surface area contributed by atoms with E-state index in [0.717, 1.165) is 5.56 Å². The van der Waals surface area contributed by atoms with Gasteiger partial charge >= 0.3 is 5.97 Å². The number of ether oxygens (including phenoxy) is 1. The Kier molecular flexibility index (Phi) is 5.92. The molecule has 2 rings (SSSR count). The first-order valence-electron chi connectivity index (χ1n) is 7.84. The summed E-state index contributed by atoms with van der Waals surface area (Å²) in [7, 11) is 0. The van der Waals surface area contributed by atoms with Gasteiger partial charge in [-0.2, -0.15) is 0 Å². The summed E-state index contributed by atoms with van der Waals surface area (Å²) in [6.07, 6.45) is -0.653. The first-order chi connectivity index (χ1) is 11.4. The Morgan fingerprint density at radius 3 is 2.62 bits per heavy atom. The first-order valence-corrected chi connectivity index (χ1v) is 7.84. The van der Waals surface area contributed by atoms with Crippen LogP contribution >= 0.6 is 0 Å². The lowest BCUT2D eigenvalue weighted by atomic mass is 10.2. The molecule has 0 radical (unpaired) electrons. The van der Waals surface area contributed by atoms with Crippen molar-refractivity contribution in [2.24, 2.45) is 0 Å². The lowest BCUT2D eigenvalue weighted by Crippen LogP contribution is -2.50. The van der Waals surface area contributed by atoms with Crippen molar-refractivity contribution in [1.82, 2.24) is 10.2 Å². The molecule has 2 N–H and O–H groups in total. The molecule has 1 aromatic carbocycles. The smallest absolute Gasteiger partial charge is 0.329 e. The molecule has 1 heterocycles. The highest BCUT2D eigenvalue weighted by Gasteiger charge is 2.41. The summed E-state index contributed by atoms with van der Waals surface area (Å²) in [4.78, 5) is 37.1. The number of nitrogens with one attached hydrogen (secondary N) is 1. The van der Waals surface area contributed by atoms with Crippen molar-refractivity contribution >= 4 is 17.8 Å². The molecule has 0 aromatic heterocycles. The minimum atomic E-state index is -0.840. The fourth-order valence-electron chi connectivity index (χ4n) is 2.72. The zero-order valence-electron chi connectivity index (χ0n) is 13.8. The molecule has 130 valence electrons. The number of esters is 1. The van der Waals surface area contributed by atoms with Crippen molar-refractivity contribution in [1.29, 1.82) is 0 Å². The molecule has 24 heavy (non-hydrogen) atoms. The van der Waals surface area contributed by atoms with Crippen LogP contribution in [-0.2, 0) is 25.7 Å². The predicted octanol–water partition coefficient (Wildman–Crippen LogP) is 0.216. The van der Waals surface area contributed by atoms with Gasteiger partial charge in [0.05, 0.1) is 6.10 Å². The van der Waals surface area contributed by atoms with Crippen LogP contribution in [0.1, 0.15) is 25.8 Å². The van der Waals surface area contributed by atoms with Crippen LogP contribution in [0.3, 0.4) is 0 Å². The van der Waals surface area contributed by atoms with E-state index in [9.17, 15) is 19.5 Å². The number of hydrogen-bond donors (Lipinski definition) is 2. The van der Waals surface area contributed by atoms with Gasteiger partial charge in [0.25, 0.3) is 0 Å². The fraction of sp³-hybridized carbons (Fsp3) is 0.471. The second-order valence-electron chi connectivity index (χ2n) is 5.91. The number of carbonyl (C=O) groups excluding carboxylic acids is 3. The maximum atomic E-state index is 12.4. The number of β-amino-alcohol motifs (C(OH)–C–C–N with tert-alkyl or cyclic N) is 1. The van der Waals surface area contributed by atoms with Crippen molar-refractivity contribution in [3.63, 3.8) is 0 Å². The van der Waals surface area contributed by atoms with Crippen LogP contribution in [0.25, 0.3) is 0 Å². The van der Waals surface area contributed by atoms with E-state index in [0.29, 0.717) is 0 Å². The average molecular weight is 334 g/mol. The zero-order chi connectivity index (χ0) is 17.7. The molecule has 0 spiro atoms. The minimum absolute atomic E-state index is 0.0495. The lowest BCUT2D eigenvalue weighted by molar-refractivity contribution is -0.155. The molecule has 1 aromatic rings. The van der Waals surface area contributed by atoms with Crippen molar-refractivity contribution in [2.75, 3.05) is 6.54 Å². The maximum Gasteiger partial charge on any atom is 0.329 e. The third-order valence-corrected chi connectivity index (χ3v) is 3.85. The quantitative estimate of drug-likeness (QED) is 0.751. The molecular weight excluding hydrogens is 312 g/mol. The molecule has 1 saturated heterocycles. The Bertz CT molecular complexity index is 604. The standard InChI is InChI=1S/C17H22N2O5/c1-11(18-12(2)20)16(22)19-9-14(21)8-15(19)17(23)24-10-13-6-4-3-5-7-13/h3-7,11,14-15,21H,8-10H2,1-2H3,(H,18,20). The topological polar surface area (TPSA) is 95.9 Å². The molecule has 0 aliphatic carbocycles. The van der Waals surface area contributed by atoms with Gasteiger partial charge < -0.3 is 20.1 Å². The Balaban J connectivity index is 1.99. The SMILES string of the molecule is CC(=O)NC(C)C(=O)N1CC(O)CC1C(=O)OCc1ccccc1. The van der Waals surface area contributed by atoms with Gasteiger partial charge in [0.15, 0.2) is 0 Å². The van der Waals surface area contributed by atoms with Gasteiger partial charge in [0, 0.05) is 19.9 Å². The van der Waals surface area contributed by atoms with Crippen LogP contribution < -0.4 is 5.32 Å². The summed E-state index contributed by atoms with van der Waals surface area (Å²) in [5.41, 5.74) is 0.842. The maximum absolute atomic E-state index is 12.4.